The number of nitrogens with one attached hydrogen (secondary N) is 1. The largest absolute Gasteiger partial charge is 0.485 e. The van der Waals surface area contributed by atoms with Crippen LogP contribution in [0, 0.1) is 12.8 Å². The second-order valence-corrected chi connectivity index (χ2v) is 6.62. The molecule has 1 saturated carbocycles. The van der Waals surface area contributed by atoms with Crippen LogP contribution >= 0.6 is 0 Å². The maximum Gasteiger partial charge on any atom is 0.251 e. The molecule has 0 spiro atoms. The van der Waals surface area contributed by atoms with Gasteiger partial charge in [0.15, 0.2) is 6.61 Å². The van der Waals surface area contributed by atoms with Gasteiger partial charge in [0.05, 0.1) is 0 Å². The van der Waals surface area contributed by atoms with E-state index in [1.54, 1.807) is 31.2 Å². The summed E-state index contributed by atoms with van der Waals surface area (Å²) >= 11 is 0. The van der Waals surface area contributed by atoms with Crippen LogP contribution in [0.3, 0.4) is 0 Å². The summed E-state index contributed by atoms with van der Waals surface area (Å²) in [5.41, 5.74) is 0.621. The Morgan fingerprint density at radius 1 is 1.36 bits per heavy atom. The van der Waals surface area contributed by atoms with E-state index in [2.05, 4.69) is 34.5 Å². The van der Waals surface area contributed by atoms with E-state index >= 15 is 0 Å². The minimum Gasteiger partial charge on any atom is -0.485 e. The number of benzene rings is 1. The maximum absolute atomic E-state index is 12.3. The molecule has 0 radical (unpaired) electrons. The third kappa shape index (κ3) is 4.79. The highest BCUT2D eigenvalue weighted by atomic mass is 16.5. The molecular formula is C18H24N4O3. The van der Waals surface area contributed by atoms with E-state index in [-0.39, 0.29) is 12.5 Å². The van der Waals surface area contributed by atoms with Gasteiger partial charge >= 0.3 is 0 Å². The molecule has 1 amide bonds. The van der Waals surface area contributed by atoms with Crippen molar-refractivity contribution in [2.45, 2.75) is 32.4 Å². The first-order valence-corrected chi connectivity index (χ1v) is 8.49. The van der Waals surface area contributed by atoms with Crippen LogP contribution in [0.2, 0.25) is 0 Å². The number of ether oxygens (including phenoxy) is 1. The van der Waals surface area contributed by atoms with Gasteiger partial charge in [-0.05, 0) is 57.1 Å². The molecule has 1 aliphatic rings. The Morgan fingerprint density at radius 2 is 2.08 bits per heavy atom. The van der Waals surface area contributed by atoms with Crippen LogP contribution < -0.4 is 10.1 Å². The number of amides is 1. The molecule has 134 valence electrons. The van der Waals surface area contributed by atoms with Crippen molar-refractivity contribution in [3.05, 3.63) is 41.5 Å². The van der Waals surface area contributed by atoms with Crippen molar-refractivity contribution >= 4 is 5.91 Å². The first-order valence-electron chi connectivity index (χ1n) is 8.49. The number of rotatable bonds is 8. The molecule has 7 nitrogen and oxygen atoms in total. The minimum atomic E-state index is -0.0622. The van der Waals surface area contributed by atoms with Crippen LogP contribution in [-0.4, -0.2) is 47.6 Å². The quantitative estimate of drug-likeness (QED) is 0.789. The number of aryl methyl sites for hydroxylation is 1. The molecular weight excluding hydrogens is 320 g/mol. The fraction of sp³-hybridized carbons (Fsp3) is 0.500. The number of aromatic nitrogens is 2. The average molecular weight is 344 g/mol. The molecule has 1 fully saturated rings. The van der Waals surface area contributed by atoms with Crippen molar-refractivity contribution in [1.29, 1.82) is 0 Å². The molecule has 0 unspecified atom stereocenters. The monoisotopic (exact) mass is 344 g/mol. The van der Waals surface area contributed by atoms with Gasteiger partial charge in [0, 0.05) is 25.1 Å². The van der Waals surface area contributed by atoms with E-state index < -0.39 is 0 Å². The van der Waals surface area contributed by atoms with Crippen molar-refractivity contribution in [3.63, 3.8) is 0 Å². The van der Waals surface area contributed by atoms with E-state index in [1.807, 2.05) is 0 Å². The van der Waals surface area contributed by atoms with E-state index in [4.69, 9.17) is 9.26 Å². The van der Waals surface area contributed by atoms with Crippen LogP contribution in [-0.2, 0) is 6.61 Å². The fourth-order valence-electron chi connectivity index (χ4n) is 2.80. The first-order chi connectivity index (χ1) is 12.0. The number of hydrogen-bond acceptors (Lipinski definition) is 6. The molecule has 7 heteroatoms. The fourth-order valence-corrected chi connectivity index (χ4v) is 2.80. The van der Waals surface area contributed by atoms with Gasteiger partial charge in [-0.25, -0.2) is 0 Å². The predicted octanol–water partition coefficient (Wildman–Crippen LogP) is 2.03. The molecule has 1 heterocycles. The van der Waals surface area contributed by atoms with Crippen LogP contribution in [0.5, 0.6) is 5.75 Å². The summed E-state index contributed by atoms with van der Waals surface area (Å²) in [7, 11) is 4.12. The summed E-state index contributed by atoms with van der Waals surface area (Å²) in [5.74, 6) is 2.30. The second-order valence-electron chi connectivity index (χ2n) is 6.62. The zero-order valence-electron chi connectivity index (χ0n) is 14.9. The van der Waals surface area contributed by atoms with Gasteiger partial charge in [-0.1, -0.05) is 5.16 Å². The molecule has 2 aromatic rings. The van der Waals surface area contributed by atoms with Crippen LogP contribution in [0.4, 0.5) is 0 Å². The van der Waals surface area contributed by atoms with Crippen molar-refractivity contribution in [1.82, 2.24) is 20.4 Å². The summed E-state index contributed by atoms with van der Waals surface area (Å²) in [5, 5.41) is 6.80. The lowest BCUT2D eigenvalue weighted by molar-refractivity contribution is 0.0939. The Bertz CT molecular complexity index is 705. The second kappa shape index (κ2) is 7.65. The minimum absolute atomic E-state index is 0.0622. The van der Waals surface area contributed by atoms with Gasteiger partial charge in [-0.3, -0.25) is 4.79 Å². The molecule has 1 atom stereocenters. The summed E-state index contributed by atoms with van der Waals surface area (Å²) in [6.07, 6.45) is 2.51. The maximum atomic E-state index is 12.3. The van der Waals surface area contributed by atoms with Crippen LogP contribution in [0.25, 0.3) is 0 Å². The molecule has 0 aliphatic heterocycles. The van der Waals surface area contributed by atoms with Gasteiger partial charge in [-0.2, -0.15) is 4.98 Å². The average Bonchev–Trinajstić information content (AvgIpc) is 3.34. The van der Waals surface area contributed by atoms with Gasteiger partial charge in [0.25, 0.3) is 5.91 Å². The number of hydrogen-bond donors (Lipinski definition) is 1. The Balaban J connectivity index is 1.49. The SMILES string of the molecule is Cc1nc(COc2ccc(C(=O)NC[C@@H](C3CC3)N(C)C)cc2)no1. The van der Waals surface area contributed by atoms with Crippen molar-refractivity contribution < 1.29 is 14.1 Å². The number of likely N-dealkylation sites (N-methyl/N-ethyl adjacent to an activating group) is 1. The Kier molecular flexibility index (Phi) is 5.33. The number of carbonyl (C=O) groups is 1. The first kappa shape index (κ1) is 17.4. The Labute approximate surface area is 147 Å². The van der Waals surface area contributed by atoms with E-state index in [0.717, 1.165) is 0 Å². The Morgan fingerprint density at radius 3 is 2.64 bits per heavy atom. The predicted molar refractivity (Wildman–Crippen MR) is 92.3 cm³/mol. The summed E-state index contributed by atoms with van der Waals surface area (Å²) < 4.78 is 10.5. The van der Waals surface area contributed by atoms with Gasteiger partial charge in [0.1, 0.15) is 5.75 Å². The molecule has 0 bridgehead atoms. The molecule has 1 aliphatic carbocycles. The zero-order chi connectivity index (χ0) is 17.8. The lowest BCUT2D eigenvalue weighted by Gasteiger charge is -2.24. The zero-order valence-corrected chi connectivity index (χ0v) is 14.9. The lowest BCUT2D eigenvalue weighted by atomic mass is 10.1. The highest BCUT2D eigenvalue weighted by Gasteiger charge is 2.32. The third-order valence-electron chi connectivity index (χ3n) is 4.36. The summed E-state index contributed by atoms with van der Waals surface area (Å²) in [6, 6.07) is 7.46. The Hall–Kier alpha value is -2.41. The van der Waals surface area contributed by atoms with Gasteiger partial charge < -0.3 is 19.5 Å². The third-order valence-corrected chi connectivity index (χ3v) is 4.36. The molecule has 1 aromatic carbocycles. The van der Waals surface area contributed by atoms with Gasteiger partial charge in [0.2, 0.25) is 11.7 Å². The standard InChI is InChI=1S/C18H24N4O3/c1-12-20-17(21-25-12)11-24-15-8-6-14(7-9-15)18(23)19-10-16(22(2)3)13-4-5-13/h6-9,13,16H,4-5,10-11H2,1-3H3,(H,19,23)/t16-/m0/s1. The normalized spacial score (nSPS) is 15.2. The smallest absolute Gasteiger partial charge is 0.251 e. The number of nitrogens with zero attached hydrogens (tertiary/aromatic N) is 3. The summed E-state index contributed by atoms with van der Waals surface area (Å²) in [6.45, 7) is 2.63. The lowest BCUT2D eigenvalue weighted by Crippen LogP contribution is -2.41. The highest BCUT2D eigenvalue weighted by Crippen LogP contribution is 2.34. The topological polar surface area (TPSA) is 80.5 Å². The van der Waals surface area contributed by atoms with Gasteiger partial charge in [-0.15, -0.1) is 0 Å². The molecule has 1 N–H and O–H groups in total. The summed E-state index contributed by atoms with van der Waals surface area (Å²) in [4.78, 5) is 18.6. The van der Waals surface area contributed by atoms with E-state index in [1.165, 1.54) is 12.8 Å². The molecule has 0 saturated heterocycles. The molecule has 1 aromatic heterocycles. The molecule has 25 heavy (non-hydrogen) atoms. The highest BCUT2D eigenvalue weighted by molar-refractivity contribution is 5.94. The van der Waals surface area contributed by atoms with Crippen molar-refractivity contribution in [2.75, 3.05) is 20.6 Å². The number of carbonyl (C=O) groups excluding carboxylic acids is 1. The molecule has 3 rings (SSSR count). The van der Waals surface area contributed by atoms with Crippen LogP contribution in [0.1, 0.15) is 34.9 Å². The van der Waals surface area contributed by atoms with Crippen molar-refractivity contribution in [2.24, 2.45) is 5.92 Å². The van der Waals surface area contributed by atoms with Crippen LogP contribution in [0.15, 0.2) is 28.8 Å². The van der Waals surface area contributed by atoms with E-state index in [0.29, 0.717) is 41.5 Å². The van der Waals surface area contributed by atoms with E-state index in [9.17, 15) is 4.79 Å². The van der Waals surface area contributed by atoms with Crippen molar-refractivity contribution in [3.8, 4) is 5.75 Å².